The highest BCUT2D eigenvalue weighted by Crippen LogP contribution is 2.50. The lowest BCUT2D eigenvalue weighted by atomic mass is 10.3. The molecule has 0 aromatic rings. The van der Waals surface area contributed by atoms with Gasteiger partial charge in [-0.15, -0.1) is 0 Å². The molecule has 0 fully saturated rings. The van der Waals surface area contributed by atoms with E-state index in [1.807, 2.05) is 0 Å². The first-order valence-corrected chi connectivity index (χ1v) is 4.14. The second-order valence-electron chi connectivity index (χ2n) is 1.90. The Morgan fingerprint density at radius 1 is 1.44 bits per heavy atom. The summed E-state index contributed by atoms with van der Waals surface area (Å²) in [5.41, 5.74) is -1.04. The van der Waals surface area contributed by atoms with Crippen LogP contribution in [-0.4, -0.2) is 26.1 Å². The fourth-order valence-corrected chi connectivity index (χ4v) is 0.732. The van der Waals surface area contributed by atoms with Gasteiger partial charge in [0.25, 0.3) is 0 Å². The molecule has 0 amide bonds. The Hall–Kier alpha value is -0.0200. The summed E-state index contributed by atoms with van der Waals surface area (Å²) in [7, 11) is -3.91. The number of hydrogen-bond donors (Lipinski definition) is 3. The summed E-state index contributed by atoms with van der Waals surface area (Å²) in [6, 6.07) is 0. The van der Waals surface area contributed by atoms with Crippen molar-refractivity contribution in [3.63, 3.8) is 0 Å². The van der Waals surface area contributed by atoms with Crippen molar-refractivity contribution in [3.8, 4) is 0 Å². The van der Waals surface area contributed by atoms with E-state index in [1.54, 1.807) is 0 Å². The topological polar surface area (TPSA) is 77.8 Å². The minimum Gasteiger partial charge on any atom is -0.295 e. The summed E-state index contributed by atoms with van der Waals surface area (Å²) in [4.78, 5) is 35.7. The van der Waals surface area contributed by atoms with Gasteiger partial charge in [0.15, 0.2) is 5.78 Å². The number of carbonyl (C=O) groups excluding carboxylic acids is 1. The van der Waals surface area contributed by atoms with Gasteiger partial charge < -0.3 is 0 Å². The molecule has 0 aliphatic carbocycles. The maximum Gasteiger partial charge on any atom is 0.414 e. The first-order valence-electron chi connectivity index (χ1n) is 2.43. The SMILES string of the molecule is CC(=O)C(C)[P+](O)(O)O. The van der Waals surface area contributed by atoms with Gasteiger partial charge in [-0.3, -0.25) is 4.79 Å². The van der Waals surface area contributed by atoms with Crippen LogP contribution < -0.4 is 0 Å². The van der Waals surface area contributed by atoms with Crippen LogP contribution in [0.2, 0.25) is 0 Å². The van der Waals surface area contributed by atoms with Crippen molar-refractivity contribution in [1.29, 1.82) is 0 Å². The van der Waals surface area contributed by atoms with Crippen molar-refractivity contribution in [2.45, 2.75) is 19.5 Å². The summed E-state index contributed by atoms with van der Waals surface area (Å²) in [5.74, 6) is -0.421. The predicted molar refractivity (Wildman–Crippen MR) is 33.7 cm³/mol. The number of carbonyl (C=O) groups is 1. The molecule has 0 saturated carbocycles. The first kappa shape index (κ1) is 8.98. The standard InChI is InChI=1S/C4H10O4P/c1-3(5)4(2)9(6,7)8/h4,6-8H,1-2H3/q+1. The van der Waals surface area contributed by atoms with Gasteiger partial charge in [0, 0.05) is 0 Å². The van der Waals surface area contributed by atoms with Gasteiger partial charge in [-0.25, -0.2) is 0 Å². The van der Waals surface area contributed by atoms with Gasteiger partial charge in [-0.05, 0) is 13.8 Å². The molecule has 0 aromatic carbocycles. The Morgan fingerprint density at radius 3 is 1.78 bits per heavy atom. The first-order chi connectivity index (χ1) is 3.85. The summed E-state index contributed by atoms with van der Waals surface area (Å²) in [5, 5.41) is 0. The molecule has 5 heteroatoms. The smallest absolute Gasteiger partial charge is 0.295 e. The normalized spacial score (nSPS) is 15.2. The van der Waals surface area contributed by atoms with Crippen LogP contribution in [0, 0.1) is 0 Å². The third-order valence-electron chi connectivity index (χ3n) is 1.11. The van der Waals surface area contributed by atoms with Crippen molar-refractivity contribution in [3.05, 3.63) is 0 Å². The van der Waals surface area contributed by atoms with E-state index >= 15 is 0 Å². The lowest BCUT2D eigenvalue weighted by molar-refractivity contribution is -0.116. The zero-order chi connectivity index (χ0) is 7.65. The summed E-state index contributed by atoms with van der Waals surface area (Å²) in [6.07, 6.45) is 0. The van der Waals surface area contributed by atoms with Gasteiger partial charge in [-0.2, -0.15) is 14.7 Å². The summed E-state index contributed by atoms with van der Waals surface area (Å²) < 4.78 is 0. The van der Waals surface area contributed by atoms with Crippen LogP contribution in [0.4, 0.5) is 0 Å². The highest BCUT2D eigenvalue weighted by atomic mass is 31.2. The highest BCUT2D eigenvalue weighted by molar-refractivity contribution is 7.60. The molecule has 0 spiro atoms. The lowest BCUT2D eigenvalue weighted by Crippen LogP contribution is -2.16. The molecule has 0 rings (SSSR count). The van der Waals surface area contributed by atoms with E-state index in [9.17, 15) is 4.79 Å². The fraction of sp³-hybridized carbons (Fsp3) is 0.750. The van der Waals surface area contributed by atoms with Crippen LogP contribution in [0.3, 0.4) is 0 Å². The molecule has 0 aliphatic heterocycles. The third kappa shape index (κ3) is 2.87. The molecule has 0 saturated heterocycles. The van der Waals surface area contributed by atoms with Crippen molar-refractivity contribution >= 4 is 13.7 Å². The van der Waals surface area contributed by atoms with Gasteiger partial charge in [0.1, 0.15) is 0 Å². The maximum atomic E-state index is 10.3. The van der Waals surface area contributed by atoms with Crippen LogP contribution in [0.25, 0.3) is 0 Å². The van der Waals surface area contributed by atoms with E-state index in [4.69, 9.17) is 14.7 Å². The Labute approximate surface area is 53.7 Å². The van der Waals surface area contributed by atoms with Gasteiger partial charge in [0.2, 0.25) is 5.66 Å². The maximum absolute atomic E-state index is 10.3. The molecule has 9 heavy (non-hydrogen) atoms. The van der Waals surface area contributed by atoms with Crippen molar-refractivity contribution in [1.82, 2.24) is 0 Å². The van der Waals surface area contributed by atoms with E-state index in [2.05, 4.69) is 0 Å². The van der Waals surface area contributed by atoms with E-state index in [1.165, 1.54) is 13.8 Å². The number of hydrogen-bond acceptors (Lipinski definition) is 4. The Bertz CT molecular complexity index is 116. The van der Waals surface area contributed by atoms with Crippen LogP contribution in [0.1, 0.15) is 13.8 Å². The lowest BCUT2D eigenvalue weighted by Gasteiger charge is -2.07. The Morgan fingerprint density at radius 2 is 1.78 bits per heavy atom. The zero-order valence-corrected chi connectivity index (χ0v) is 6.17. The van der Waals surface area contributed by atoms with Gasteiger partial charge in [0.05, 0.1) is 0 Å². The Kier molecular flexibility index (Phi) is 2.70. The predicted octanol–water partition coefficient (Wildman–Crippen LogP) is -0.297. The zero-order valence-electron chi connectivity index (χ0n) is 5.27. The Balaban J connectivity index is 4.04. The second-order valence-corrected chi connectivity index (χ2v) is 3.91. The molecule has 1 atom stereocenters. The molecule has 4 nitrogen and oxygen atoms in total. The summed E-state index contributed by atoms with van der Waals surface area (Å²) >= 11 is 0. The van der Waals surface area contributed by atoms with Crippen molar-refractivity contribution in [2.75, 3.05) is 0 Å². The van der Waals surface area contributed by atoms with Crippen LogP contribution >= 0.6 is 7.94 Å². The van der Waals surface area contributed by atoms with E-state index in [0.717, 1.165) is 0 Å². The molecular formula is C4H10O4P+. The average molecular weight is 153 g/mol. The molecule has 0 aromatic heterocycles. The van der Waals surface area contributed by atoms with Crippen molar-refractivity contribution in [2.24, 2.45) is 0 Å². The van der Waals surface area contributed by atoms with Crippen LogP contribution in [0.15, 0.2) is 0 Å². The number of Topliss-reactive ketones (excluding diaryl/α,β-unsaturated/α-hetero) is 1. The molecular weight excluding hydrogens is 143 g/mol. The van der Waals surface area contributed by atoms with Crippen LogP contribution in [-0.2, 0) is 4.79 Å². The molecule has 0 heterocycles. The fourth-order valence-electron chi connectivity index (χ4n) is 0.244. The number of rotatable bonds is 2. The molecule has 0 bridgehead atoms. The van der Waals surface area contributed by atoms with Gasteiger partial charge >= 0.3 is 7.94 Å². The third-order valence-corrected chi connectivity index (χ3v) is 2.51. The highest BCUT2D eigenvalue weighted by Gasteiger charge is 2.41. The quantitative estimate of drug-likeness (QED) is 0.476. The summed E-state index contributed by atoms with van der Waals surface area (Å²) in [6.45, 7) is 2.47. The monoisotopic (exact) mass is 153 g/mol. The van der Waals surface area contributed by atoms with E-state index in [-0.39, 0.29) is 0 Å². The molecule has 0 aliphatic rings. The van der Waals surface area contributed by atoms with Crippen molar-refractivity contribution < 1.29 is 19.5 Å². The van der Waals surface area contributed by atoms with E-state index in [0.29, 0.717) is 0 Å². The van der Waals surface area contributed by atoms with Crippen LogP contribution in [0.5, 0.6) is 0 Å². The minimum absolute atomic E-state index is 0.421. The largest absolute Gasteiger partial charge is 0.414 e. The molecule has 0 radical (unpaired) electrons. The van der Waals surface area contributed by atoms with Gasteiger partial charge in [-0.1, -0.05) is 0 Å². The molecule has 3 N–H and O–H groups in total. The minimum atomic E-state index is -3.91. The second kappa shape index (κ2) is 2.71. The number of ketones is 1. The molecule has 54 valence electrons. The average Bonchev–Trinajstić information content (AvgIpc) is 1.62. The van der Waals surface area contributed by atoms with E-state index < -0.39 is 19.4 Å². The molecule has 1 unspecified atom stereocenters.